The van der Waals surface area contributed by atoms with E-state index in [0.29, 0.717) is 0 Å². The molecule has 68 valence electrons. The number of rotatable bonds is 5. The molecule has 0 unspecified atom stereocenters. The molecular formula is C9H14O2Te. The van der Waals surface area contributed by atoms with Crippen LogP contribution in [0.4, 0.5) is 0 Å². The van der Waals surface area contributed by atoms with E-state index in [9.17, 15) is 0 Å². The van der Waals surface area contributed by atoms with Crippen LogP contribution in [0, 0.1) is 0 Å². The number of hydrogen-bond donors (Lipinski definition) is 0. The molecule has 2 nitrogen and oxygen atoms in total. The van der Waals surface area contributed by atoms with E-state index < -0.39 is 0 Å². The van der Waals surface area contributed by atoms with Crippen LogP contribution in [0.25, 0.3) is 0 Å². The molecule has 0 aliphatic carbocycles. The van der Waals surface area contributed by atoms with Crippen LogP contribution in [0.1, 0.15) is 23.7 Å². The zero-order valence-electron chi connectivity index (χ0n) is 7.45. The molecule has 0 saturated carbocycles. The summed E-state index contributed by atoms with van der Waals surface area (Å²) in [6, 6.07) is 4.22. The van der Waals surface area contributed by atoms with Gasteiger partial charge in [0, 0.05) is 0 Å². The van der Waals surface area contributed by atoms with Crippen LogP contribution in [-0.4, -0.2) is 33.6 Å². The van der Waals surface area contributed by atoms with Gasteiger partial charge in [-0.25, -0.2) is 0 Å². The van der Waals surface area contributed by atoms with E-state index in [4.69, 9.17) is 9.47 Å². The van der Waals surface area contributed by atoms with E-state index in [1.165, 1.54) is 3.58 Å². The molecule has 0 spiro atoms. The van der Waals surface area contributed by atoms with Gasteiger partial charge in [-0.1, -0.05) is 0 Å². The van der Waals surface area contributed by atoms with Crippen molar-refractivity contribution in [1.29, 1.82) is 0 Å². The topological polar surface area (TPSA) is 18.5 Å². The Morgan fingerprint density at radius 3 is 2.42 bits per heavy atom. The monoisotopic (exact) mass is 284 g/mol. The molecule has 0 aliphatic rings. The molecule has 1 aromatic rings. The minimum absolute atomic E-state index is 0.0719. The fourth-order valence-corrected chi connectivity index (χ4v) is 2.99. The van der Waals surface area contributed by atoms with Gasteiger partial charge in [0.15, 0.2) is 0 Å². The van der Waals surface area contributed by atoms with Crippen LogP contribution < -0.4 is 0 Å². The van der Waals surface area contributed by atoms with Gasteiger partial charge in [-0.3, -0.25) is 0 Å². The average molecular weight is 282 g/mol. The van der Waals surface area contributed by atoms with Crippen molar-refractivity contribution in [2.45, 2.75) is 20.1 Å². The summed E-state index contributed by atoms with van der Waals surface area (Å²) in [5.74, 6) is 0. The number of hydrogen-bond acceptors (Lipinski definition) is 2. The fraction of sp³-hybridized carbons (Fsp3) is 0.556. The van der Waals surface area contributed by atoms with E-state index in [1.807, 2.05) is 13.8 Å². The Balaban J connectivity index is 2.53. The van der Waals surface area contributed by atoms with Gasteiger partial charge in [0.05, 0.1) is 0 Å². The zero-order chi connectivity index (χ0) is 8.81. The Hall–Kier alpha value is 0.190. The first kappa shape index (κ1) is 10.3. The maximum atomic E-state index is 5.47. The fourth-order valence-electron chi connectivity index (χ4n) is 0.941. The SMILES string of the molecule is CCOC(OCC)c1ccc[te]1. The molecule has 0 bridgehead atoms. The molecule has 3 heteroatoms. The molecule has 1 heterocycles. The van der Waals surface area contributed by atoms with Gasteiger partial charge in [0.1, 0.15) is 0 Å². The second-order valence-electron chi connectivity index (χ2n) is 2.26. The first-order valence-corrected chi connectivity index (χ1v) is 6.66. The summed E-state index contributed by atoms with van der Waals surface area (Å²) < 4.78 is 14.5. The van der Waals surface area contributed by atoms with Crippen molar-refractivity contribution in [2.75, 3.05) is 13.2 Å². The Kier molecular flexibility index (Phi) is 4.94. The van der Waals surface area contributed by atoms with Crippen LogP contribution >= 0.6 is 0 Å². The summed E-state index contributed by atoms with van der Waals surface area (Å²) in [6.45, 7) is 5.43. The van der Waals surface area contributed by atoms with Crippen LogP contribution in [-0.2, 0) is 9.47 Å². The minimum atomic E-state index is -0.126. The molecule has 0 aromatic carbocycles. The van der Waals surface area contributed by atoms with Gasteiger partial charge < -0.3 is 0 Å². The summed E-state index contributed by atoms with van der Waals surface area (Å²) in [5.41, 5.74) is 0. The Morgan fingerprint density at radius 1 is 1.33 bits per heavy atom. The third-order valence-corrected chi connectivity index (χ3v) is 3.96. The summed E-state index contributed by atoms with van der Waals surface area (Å²) in [7, 11) is 0. The predicted octanol–water partition coefficient (Wildman–Crippen LogP) is 1.82. The zero-order valence-corrected chi connectivity index (χ0v) is 9.78. The van der Waals surface area contributed by atoms with Crippen molar-refractivity contribution in [2.24, 2.45) is 0 Å². The van der Waals surface area contributed by atoms with Gasteiger partial charge in [0.25, 0.3) is 0 Å². The van der Waals surface area contributed by atoms with Gasteiger partial charge in [0.2, 0.25) is 0 Å². The van der Waals surface area contributed by atoms with Crippen molar-refractivity contribution in [3.63, 3.8) is 0 Å². The molecule has 0 radical (unpaired) electrons. The first-order valence-electron chi connectivity index (χ1n) is 4.15. The summed E-state index contributed by atoms with van der Waals surface area (Å²) in [6.07, 6.45) is -0.0719. The molecule has 0 amide bonds. The average Bonchev–Trinajstić information content (AvgIpc) is 2.56. The van der Waals surface area contributed by atoms with Crippen molar-refractivity contribution >= 4 is 20.4 Å². The molecule has 1 aromatic heterocycles. The molecule has 0 aliphatic heterocycles. The molecule has 0 N–H and O–H groups in total. The Morgan fingerprint density at radius 2 is 2.00 bits per heavy atom. The van der Waals surface area contributed by atoms with Crippen molar-refractivity contribution < 1.29 is 9.47 Å². The van der Waals surface area contributed by atoms with Crippen molar-refractivity contribution in [3.05, 3.63) is 19.8 Å². The molecule has 1 rings (SSSR count). The van der Waals surface area contributed by atoms with E-state index in [-0.39, 0.29) is 26.7 Å². The van der Waals surface area contributed by atoms with Crippen molar-refractivity contribution in [1.82, 2.24) is 0 Å². The van der Waals surface area contributed by atoms with E-state index in [1.54, 1.807) is 0 Å². The molecule has 0 fully saturated rings. The van der Waals surface area contributed by atoms with E-state index in [0.717, 1.165) is 13.2 Å². The van der Waals surface area contributed by atoms with Crippen molar-refractivity contribution in [3.8, 4) is 0 Å². The third kappa shape index (κ3) is 2.91. The van der Waals surface area contributed by atoms with Gasteiger partial charge in [-0.2, -0.15) is 0 Å². The Labute approximate surface area is 83.1 Å². The van der Waals surface area contributed by atoms with Gasteiger partial charge in [-0.15, -0.1) is 0 Å². The van der Waals surface area contributed by atoms with Gasteiger partial charge >= 0.3 is 83.1 Å². The normalized spacial score (nSPS) is 10.9. The molecular weight excluding hydrogens is 268 g/mol. The molecule has 0 saturated heterocycles. The molecule has 12 heavy (non-hydrogen) atoms. The third-order valence-electron chi connectivity index (χ3n) is 1.41. The second kappa shape index (κ2) is 5.77. The standard InChI is InChI=1S/C9H14O2Te/c1-3-10-9(11-4-2)8-6-5-7-12-8/h5-7,9H,3-4H2,1-2H3. The maximum absolute atomic E-state index is 5.47. The summed E-state index contributed by atoms with van der Waals surface area (Å²) in [4.78, 5) is 0. The van der Waals surface area contributed by atoms with Crippen LogP contribution in [0.3, 0.4) is 0 Å². The van der Waals surface area contributed by atoms with Gasteiger partial charge in [-0.05, 0) is 0 Å². The van der Waals surface area contributed by atoms with E-state index in [2.05, 4.69) is 16.2 Å². The second-order valence-corrected chi connectivity index (χ2v) is 5.05. The Bertz CT molecular complexity index is 190. The number of ether oxygens (including phenoxy) is 2. The predicted molar refractivity (Wildman–Crippen MR) is 49.4 cm³/mol. The van der Waals surface area contributed by atoms with Crippen LogP contribution in [0.2, 0.25) is 0 Å². The first-order chi connectivity index (χ1) is 5.88. The van der Waals surface area contributed by atoms with Crippen LogP contribution in [0.15, 0.2) is 16.2 Å². The van der Waals surface area contributed by atoms with E-state index >= 15 is 0 Å². The summed E-state index contributed by atoms with van der Waals surface area (Å²) >= 11 is -0.126. The quantitative estimate of drug-likeness (QED) is 0.605. The van der Waals surface area contributed by atoms with Crippen LogP contribution in [0.5, 0.6) is 0 Å². The molecule has 0 atom stereocenters. The summed E-state index contributed by atoms with van der Waals surface area (Å²) in [5, 5.41) is 0.